The Morgan fingerprint density at radius 1 is 1.00 bits per heavy atom. The van der Waals surface area contributed by atoms with E-state index in [4.69, 9.17) is 13.3 Å². The van der Waals surface area contributed by atoms with Gasteiger partial charge in [0.1, 0.15) is 0 Å². The first-order chi connectivity index (χ1) is 9.24. The Bertz CT molecular complexity index is 355. The average Bonchev–Trinajstić information content (AvgIpc) is 2.18. The fourth-order valence-electron chi connectivity index (χ4n) is 1.87. The van der Waals surface area contributed by atoms with E-state index < -0.39 is 31.4 Å². The van der Waals surface area contributed by atoms with Crippen molar-refractivity contribution < 1.29 is 22.9 Å². The molecule has 0 aliphatic heterocycles. The summed E-state index contributed by atoms with van der Waals surface area (Å²) in [4.78, 5) is 21.5. The van der Waals surface area contributed by atoms with E-state index in [-0.39, 0.29) is 5.57 Å². The molecule has 0 aliphatic rings. The zero-order valence-corrected chi connectivity index (χ0v) is 17.2. The zero-order valence-electron chi connectivity index (χ0n) is 14.2. The summed E-state index contributed by atoms with van der Waals surface area (Å²) in [6.07, 6.45) is 1.79. The predicted molar refractivity (Wildman–Crippen MR) is 92.3 cm³/mol. The highest BCUT2D eigenvalue weighted by atomic mass is 28.5. The van der Waals surface area contributed by atoms with Crippen molar-refractivity contribution in [3.05, 3.63) is 12.2 Å². The van der Waals surface area contributed by atoms with Gasteiger partial charge >= 0.3 is 14.8 Å². The van der Waals surface area contributed by atoms with E-state index in [1.165, 1.54) is 0 Å². The number of carboxylic acid groups (broad SMARTS) is 1. The van der Waals surface area contributed by atoms with Crippen molar-refractivity contribution in [1.82, 2.24) is 0 Å². The molecule has 0 saturated carbocycles. The highest BCUT2D eigenvalue weighted by Crippen LogP contribution is 2.24. The summed E-state index contributed by atoms with van der Waals surface area (Å²) < 4.78 is 11.9. The van der Waals surface area contributed by atoms with E-state index in [1.54, 1.807) is 0 Å². The third kappa shape index (κ3) is 11.0. The molecule has 21 heavy (non-hydrogen) atoms. The van der Waals surface area contributed by atoms with Gasteiger partial charge in [0.2, 0.25) is 0 Å². The molecule has 8 heteroatoms. The van der Waals surface area contributed by atoms with Crippen molar-refractivity contribution in [2.75, 3.05) is 0 Å². The average molecular weight is 351 g/mol. The molecule has 0 aliphatic carbocycles. The molecule has 0 spiro atoms. The van der Waals surface area contributed by atoms with Gasteiger partial charge in [0, 0.05) is 11.6 Å². The van der Waals surface area contributed by atoms with Crippen molar-refractivity contribution in [3.63, 3.8) is 0 Å². The van der Waals surface area contributed by atoms with Crippen LogP contribution in [0.4, 0.5) is 0 Å². The molecular formula is C13H30O5Si3. The van der Waals surface area contributed by atoms with Crippen LogP contribution in [-0.4, -0.2) is 41.3 Å². The number of hydrogen-bond donors (Lipinski definition) is 2. The molecule has 0 saturated heterocycles. The lowest BCUT2D eigenvalue weighted by Crippen LogP contribution is -2.54. The van der Waals surface area contributed by atoms with Gasteiger partial charge in [0.05, 0.1) is 0 Å². The summed E-state index contributed by atoms with van der Waals surface area (Å²) in [5, 5.41) is 8.77. The van der Waals surface area contributed by atoms with E-state index in [9.17, 15) is 9.59 Å². The van der Waals surface area contributed by atoms with Gasteiger partial charge < -0.3 is 18.1 Å². The van der Waals surface area contributed by atoms with Crippen molar-refractivity contribution in [2.24, 2.45) is 0 Å². The minimum Gasteiger partial charge on any atom is -0.478 e. The summed E-state index contributed by atoms with van der Waals surface area (Å²) in [6.45, 7) is 15.7. The first kappa shape index (κ1) is 20.7. The van der Waals surface area contributed by atoms with Crippen LogP contribution in [0.2, 0.25) is 45.3 Å². The number of carbonyl (C=O) groups is 1. The van der Waals surface area contributed by atoms with E-state index >= 15 is 0 Å². The second-order valence-corrected chi connectivity index (χ2v) is 19.3. The lowest BCUT2D eigenvalue weighted by atomic mass is 10.1. The van der Waals surface area contributed by atoms with Crippen LogP contribution in [0.5, 0.6) is 0 Å². The lowest BCUT2D eigenvalue weighted by molar-refractivity contribution is -0.132. The molecule has 5 nitrogen and oxygen atoms in total. The summed E-state index contributed by atoms with van der Waals surface area (Å²) in [5.41, 5.74) is 0.206. The van der Waals surface area contributed by atoms with E-state index in [0.29, 0.717) is 25.3 Å². The Hall–Kier alpha value is -0.259. The Morgan fingerprint density at radius 2 is 1.43 bits per heavy atom. The molecule has 2 N–H and O–H groups in total. The maximum atomic E-state index is 10.8. The van der Waals surface area contributed by atoms with Gasteiger partial charge in [-0.15, -0.1) is 0 Å². The largest absolute Gasteiger partial charge is 0.478 e. The number of carboxylic acids is 1. The van der Waals surface area contributed by atoms with Gasteiger partial charge in [-0.05, 0) is 58.5 Å². The monoisotopic (exact) mass is 350 g/mol. The SMILES string of the molecule is C=C(CCCC[Si](O)(O[Si](C)(C)C)O[Si](C)(C)C)C(=O)O. The molecule has 0 atom stereocenters. The van der Waals surface area contributed by atoms with Gasteiger partial charge in [0.25, 0.3) is 0 Å². The van der Waals surface area contributed by atoms with Crippen molar-refractivity contribution >= 4 is 31.4 Å². The molecular weight excluding hydrogens is 320 g/mol. The van der Waals surface area contributed by atoms with Crippen LogP contribution in [0.1, 0.15) is 19.3 Å². The van der Waals surface area contributed by atoms with Crippen LogP contribution >= 0.6 is 0 Å². The van der Waals surface area contributed by atoms with Gasteiger partial charge in [-0.25, -0.2) is 4.79 Å². The van der Waals surface area contributed by atoms with Crippen molar-refractivity contribution in [1.29, 1.82) is 0 Å². The molecule has 0 fully saturated rings. The molecule has 0 heterocycles. The topological polar surface area (TPSA) is 76.0 Å². The van der Waals surface area contributed by atoms with Crippen LogP contribution < -0.4 is 0 Å². The van der Waals surface area contributed by atoms with Gasteiger partial charge in [0.15, 0.2) is 16.6 Å². The third-order valence-corrected chi connectivity index (χ3v) is 10.9. The van der Waals surface area contributed by atoms with Crippen LogP contribution in [0.25, 0.3) is 0 Å². The molecule has 0 radical (unpaired) electrons. The van der Waals surface area contributed by atoms with E-state index in [0.717, 1.165) is 0 Å². The summed E-state index contributed by atoms with van der Waals surface area (Å²) in [5.74, 6) is -0.959. The Labute approximate surface area is 131 Å². The molecule has 0 unspecified atom stereocenters. The smallest absolute Gasteiger partial charge is 0.477 e. The maximum absolute atomic E-state index is 10.8. The first-order valence-corrected chi connectivity index (χ1v) is 16.1. The third-order valence-electron chi connectivity index (χ3n) is 2.46. The molecule has 0 rings (SSSR count). The number of unbranched alkanes of at least 4 members (excludes halogenated alkanes) is 1. The fourth-order valence-corrected chi connectivity index (χ4v) is 11.6. The van der Waals surface area contributed by atoms with Gasteiger partial charge in [-0.1, -0.05) is 6.58 Å². The van der Waals surface area contributed by atoms with Crippen LogP contribution in [0.15, 0.2) is 12.2 Å². The quantitative estimate of drug-likeness (QED) is 0.358. The zero-order chi connectivity index (χ0) is 16.9. The first-order valence-electron chi connectivity index (χ1n) is 7.28. The van der Waals surface area contributed by atoms with Gasteiger partial charge in [-0.2, -0.15) is 0 Å². The highest BCUT2D eigenvalue weighted by Gasteiger charge is 2.43. The number of aliphatic carboxylic acids is 1. The summed E-state index contributed by atoms with van der Waals surface area (Å²) in [6, 6.07) is 0.481. The van der Waals surface area contributed by atoms with Crippen LogP contribution in [0.3, 0.4) is 0 Å². The Morgan fingerprint density at radius 3 is 1.76 bits per heavy atom. The second-order valence-electron chi connectivity index (χ2n) is 7.26. The fraction of sp³-hybridized carbons (Fsp3) is 0.769. The highest BCUT2D eigenvalue weighted by molar-refractivity contribution is 6.85. The molecule has 0 bridgehead atoms. The van der Waals surface area contributed by atoms with E-state index in [2.05, 4.69) is 6.58 Å². The summed E-state index contributed by atoms with van der Waals surface area (Å²) in [7, 11) is -6.96. The van der Waals surface area contributed by atoms with Crippen molar-refractivity contribution in [2.45, 2.75) is 64.6 Å². The maximum Gasteiger partial charge on any atom is 0.477 e. The lowest BCUT2D eigenvalue weighted by Gasteiger charge is -2.36. The Balaban J connectivity index is 4.55. The molecule has 124 valence electrons. The minimum atomic E-state index is -3.17. The Kier molecular flexibility index (Phi) is 7.74. The molecule has 0 amide bonds. The second kappa shape index (κ2) is 7.84. The van der Waals surface area contributed by atoms with Crippen LogP contribution in [0, 0.1) is 0 Å². The van der Waals surface area contributed by atoms with Crippen molar-refractivity contribution in [3.8, 4) is 0 Å². The van der Waals surface area contributed by atoms with Gasteiger partial charge in [-0.3, -0.25) is 0 Å². The minimum absolute atomic E-state index is 0.206. The van der Waals surface area contributed by atoms with Crippen LogP contribution in [-0.2, 0) is 13.0 Å². The predicted octanol–water partition coefficient (Wildman–Crippen LogP) is 3.43. The van der Waals surface area contributed by atoms with E-state index in [1.807, 2.05) is 39.3 Å². The normalized spacial score (nSPS) is 13.3. The molecule has 0 aromatic rings. The molecule has 0 aromatic heterocycles. The standard InChI is InChI=1S/C13H30O5Si3/c1-12(13(14)15)10-8-9-11-21(16,17-19(2,3)4)18-20(5,6)7/h16H,1,8-11H2,2-7H3,(H,14,15). The molecule has 0 aromatic carbocycles. The number of rotatable bonds is 10. The summed E-state index contributed by atoms with van der Waals surface area (Å²) >= 11 is 0. The number of hydrogen-bond acceptors (Lipinski definition) is 4.